The van der Waals surface area contributed by atoms with Crippen LogP contribution < -0.4 is 14.4 Å². The Kier molecular flexibility index (Phi) is 5.18. The number of imidazole rings is 1. The van der Waals surface area contributed by atoms with Gasteiger partial charge in [0.2, 0.25) is 5.91 Å². The van der Waals surface area contributed by atoms with E-state index < -0.39 is 0 Å². The van der Waals surface area contributed by atoms with Gasteiger partial charge in [-0.05, 0) is 31.4 Å². The zero-order valence-electron chi connectivity index (χ0n) is 15.7. The number of nitrogens with zero attached hydrogens (tertiary/aromatic N) is 3. The number of hydrogen-bond donors (Lipinski definition) is 1. The van der Waals surface area contributed by atoms with Crippen LogP contribution in [0.15, 0.2) is 30.7 Å². The maximum atomic E-state index is 12.4. The second kappa shape index (κ2) is 7.90. The van der Waals surface area contributed by atoms with Gasteiger partial charge in [0.15, 0.2) is 11.5 Å². The molecule has 0 atom stereocenters. The van der Waals surface area contributed by atoms with Crippen LogP contribution in [0, 0.1) is 0 Å². The number of anilines is 1. The summed E-state index contributed by atoms with van der Waals surface area (Å²) in [6.45, 7) is 3.06. The molecule has 7 nitrogen and oxygen atoms in total. The molecule has 1 saturated carbocycles. The number of hydrogen-bond acceptors (Lipinski definition) is 5. The number of carbonyl (C=O) groups excluding carboxylic acids is 1. The highest BCUT2D eigenvalue weighted by atomic mass is 16.5. The first-order valence-electron chi connectivity index (χ1n) is 9.57. The van der Waals surface area contributed by atoms with Gasteiger partial charge in [0.1, 0.15) is 0 Å². The third-order valence-corrected chi connectivity index (χ3v) is 5.39. The number of piperazine rings is 1. The molecule has 0 radical (unpaired) electrons. The monoisotopic (exact) mass is 370 g/mol. The molecule has 1 aliphatic heterocycles. The second-order valence-corrected chi connectivity index (χ2v) is 7.13. The predicted octanol–water partition coefficient (Wildman–Crippen LogP) is 2.24. The Bertz CT molecular complexity index is 766. The van der Waals surface area contributed by atoms with Gasteiger partial charge >= 0.3 is 0 Å². The molecule has 0 bridgehead atoms. The summed E-state index contributed by atoms with van der Waals surface area (Å²) in [5, 5.41) is 0. The van der Waals surface area contributed by atoms with Crippen molar-refractivity contribution in [1.82, 2.24) is 14.9 Å². The van der Waals surface area contributed by atoms with Gasteiger partial charge in [0.25, 0.3) is 0 Å². The summed E-state index contributed by atoms with van der Waals surface area (Å²) in [6.07, 6.45) is 7.46. The summed E-state index contributed by atoms with van der Waals surface area (Å²) in [5.41, 5.74) is 1.97. The Hall–Kier alpha value is -2.70. The topological polar surface area (TPSA) is 70.7 Å². The quantitative estimate of drug-likeness (QED) is 0.844. The minimum atomic E-state index is 0.141. The molecule has 1 aromatic carbocycles. The summed E-state index contributed by atoms with van der Waals surface area (Å²) < 4.78 is 11.5. The Morgan fingerprint density at radius 2 is 2.04 bits per heavy atom. The minimum absolute atomic E-state index is 0.141. The van der Waals surface area contributed by atoms with Gasteiger partial charge in [-0.15, -0.1) is 0 Å². The van der Waals surface area contributed by atoms with E-state index in [1.54, 1.807) is 19.6 Å². The third kappa shape index (κ3) is 4.02. The third-order valence-electron chi connectivity index (χ3n) is 5.39. The predicted molar refractivity (Wildman–Crippen MR) is 102 cm³/mol. The fourth-order valence-corrected chi connectivity index (χ4v) is 3.49. The van der Waals surface area contributed by atoms with Crippen LogP contribution in [-0.4, -0.2) is 60.2 Å². The normalized spacial score (nSPS) is 17.5. The Labute approximate surface area is 159 Å². The standard InChI is InChI=1S/C20H26N4O3/c1-26-18-6-5-16(12-19(18)27-17-3-2-4-17)23-7-9-24(10-8-23)20(25)11-15-13-21-14-22-15/h5-6,12-14,17H,2-4,7-11H2,1H3,(H,21,22). The first-order valence-corrected chi connectivity index (χ1v) is 9.57. The highest BCUT2D eigenvalue weighted by molar-refractivity contribution is 5.78. The first kappa shape index (κ1) is 17.7. The van der Waals surface area contributed by atoms with Gasteiger partial charge in [-0.3, -0.25) is 4.79 Å². The van der Waals surface area contributed by atoms with E-state index in [4.69, 9.17) is 9.47 Å². The van der Waals surface area contributed by atoms with E-state index in [1.165, 1.54) is 6.42 Å². The van der Waals surface area contributed by atoms with Gasteiger partial charge in [0.05, 0.1) is 26.0 Å². The van der Waals surface area contributed by atoms with E-state index in [9.17, 15) is 4.79 Å². The summed E-state index contributed by atoms with van der Waals surface area (Å²) >= 11 is 0. The van der Waals surface area contributed by atoms with E-state index >= 15 is 0 Å². The molecule has 2 fully saturated rings. The average Bonchev–Trinajstić information content (AvgIpc) is 3.17. The van der Waals surface area contributed by atoms with Crippen LogP contribution in [0.5, 0.6) is 11.5 Å². The zero-order valence-corrected chi connectivity index (χ0v) is 15.7. The molecule has 1 aliphatic carbocycles. The maximum Gasteiger partial charge on any atom is 0.228 e. The lowest BCUT2D eigenvalue weighted by Gasteiger charge is -2.36. The molecule has 2 heterocycles. The molecule has 27 heavy (non-hydrogen) atoms. The first-order chi connectivity index (χ1) is 13.2. The van der Waals surface area contributed by atoms with Gasteiger partial charge in [0, 0.05) is 49.8 Å². The van der Waals surface area contributed by atoms with Crippen LogP contribution in [0.4, 0.5) is 5.69 Å². The Balaban J connectivity index is 1.37. The number of carbonyl (C=O) groups is 1. The summed E-state index contributed by atoms with van der Waals surface area (Å²) in [6, 6.07) is 6.10. The lowest BCUT2D eigenvalue weighted by atomic mass is 9.96. The van der Waals surface area contributed by atoms with Crippen molar-refractivity contribution in [3.05, 3.63) is 36.4 Å². The fraction of sp³-hybridized carbons (Fsp3) is 0.500. The summed E-state index contributed by atoms with van der Waals surface area (Å²) in [5.74, 6) is 1.74. The van der Waals surface area contributed by atoms with Crippen molar-refractivity contribution in [2.24, 2.45) is 0 Å². The number of nitrogens with one attached hydrogen (secondary N) is 1. The zero-order chi connectivity index (χ0) is 18.6. The molecule has 4 rings (SSSR count). The molecule has 2 aliphatic rings. The van der Waals surface area contributed by atoms with E-state index in [0.717, 1.165) is 61.9 Å². The molecular formula is C20H26N4O3. The largest absolute Gasteiger partial charge is 0.493 e. The smallest absolute Gasteiger partial charge is 0.228 e. The number of amides is 1. The summed E-state index contributed by atoms with van der Waals surface area (Å²) in [7, 11) is 1.67. The van der Waals surface area contributed by atoms with Crippen LogP contribution in [0.2, 0.25) is 0 Å². The molecule has 144 valence electrons. The Morgan fingerprint density at radius 3 is 2.67 bits per heavy atom. The highest BCUT2D eigenvalue weighted by Gasteiger charge is 2.24. The van der Waals surface area contributed by atoms with E-state index in [2.05, 4.69) is 27.0 Å². The van der Waals surface area contributed by atoms with Gasteiger partial charge in [-0.1, -0.05) is 0 Å². The van der Waals surface area contributed by atoms with E-state index in [0.29, 0.717) is 12.5 Å². The van der Waals surface area contributed by atoms with Gasteiger partial charge in [-0.25, -0.2) is 4.98 Å². The molecule has 0 unspecified atom stereocenters. The SMILES string of the molecule is COc1ccc(N2CCN(C(=O)Cc3cnc[nH]3)CC2)cc1OC1CCC1. The number of aromatic amines is 1. The molecule has 1 saturated heterocycles. The average molecular weight is 370 g/mol. The molecular weight excluding hydrogens is 344 g/mol. The molecule has 7 heteroatoms. The lowest BCUT2D eigenvalue weighted by molar-refractivity contribution is -0.130. The summed E-state index contributed by atoms with van der Waals surface area (Å²) in [4.78, 5) is 23.6. The number of aromatic nitrogens is 2. The number of rotatable bonds is 6. The van der Waals surface area contributed by atoms with Crippen molar-refractivity contribution >= 4 is 11.6 Å². The maximum absolute atomic E-state index is 12.4. The van der Waals surface area contributed by atoms with Crippen molar-refractivity contribution in [3.8, 4) is 11.5 Å². The number of methoxy groups -OCH3 is 1. The molecule has 1 aromatic heterocycles. The molecule has 2 aromatic rings. The molecule has 1 amide bonds. The molecule has 1 N–H and O–H groups in total. The number of H-pyrrole nitrogens is 1. The molecule has 0 spiro atoms. The van der Waals surface area contributed by atoms with Crippen molar-refractivity contribution in [3.63, 3.8) is 0 Å². The van der Waals surface area contributed by atoms with E-state index in [1.807, 2.05) is 11.0 Å². The van der Waals surface area contributed by atoms with E-state index in [-0.39, 0.29) is 5.91 Å². The number of ether oxygens (including phenoxy) is 2. The van der Waals surface area contributed by atoms with Crippen molar-refractivity contribution in [2.75, 3.05) is 38.2 Å². The van der Waals surface area contributed by atoms with Gasteiger partial charge in [-0.2, -0.15) is 0 Å². The van der Waals surface area contributed by atoms with Gasteiger partial charge < -0.3 is 24.3 Å². The number of benzene rings is 1. The van der Waals surface area contributed by atoms with Crippen LogP contribution in [-0.2, 0) is 11.2 Å². The van der Waals surface area contributed by atoms with Crippen LogP contribution in [0.1, 0.15) is 25.0 Å². The van der Waals surface area contributed by atoms with Crippen molar-refractivity contribution in [1.29, 1.82) is 0 Å². The van der Waals surface area contributed by atoms with Crippen LogP contribution in [0.25, 0.3) is 0 Å². The van der Waals surface area contributed by atoms with Crippen molar-refractivity contribution < 1.29 is 14.3 Å². The lowest BCUT2D eigenvalue weighted by Crippen LogP contribution is -2.49. The highest BCUT2D eigenvalue weighted by Crippen LogP contribution is 2.35. The van der Waals surface area contributed by atoms with Crippen LogP contribution in [0.3, 0.4) is 0 Å². The Morgan fingerprint density at radius 1 is 1.22 bits per heavy atom. The minimum Gasteiger partial charge on any atom is -0.493 e. The van der Waals surface area contributed by atoms with Crippen LogP contribution >= 0.6 is 0 Å². The van der Waals surface area contributed by atoms with Crippen molar-refractivity contribution in [2.45, 2.75) is 31.8 Å². The second-order valence-electron chi connectivity index (χ2n) is 7.13. The fourth-order valence-electron chi connectivity index (χ4n) is 3.49.